The molecule has 0 atom stereocenters. The van der Waals surface area contributed by atoms with E-state index in [1.807, 2.05) is 12.1 Å². The van der Waals surface area contributed by atoms with E-state index < -0.39 is 10.0 Å². The molecule has 5 nitrogen and oxygen atoms in total. The summed E-state index contributed by atoms with van der Waals surface area (Å²) < 4.78 is 26.0. The quantitative estimate of drug-likeness (QED) is 0.755. The van der Waals surface area contributed by atoms with E-state index in [9.17, 15) is 13.2 Å². The molecule has 2 aromatic carbocycles. The highest BCUT2D eigenvalue weighted by Gasteiger charge is 2.20. The predicted molar refractivity (Wildman–Crippen MR) is 107 cm³/mol. The second-order valence-corrected chi connectivity index (χ2v) is 10.2. The van der Waals surface area contributed by atoms with Gasteiger partial charge in [0.15, 0.2) is 0 Å². The first-order chi connectivity index (χ1) is 12.1. The molecular weight excluding hydrogens is 368 g/mol. The minimum Gasteiger partial charge on any atom is -0.322 e. The van der Waals surface area contributed by atoms with Gasteiger partial charge in [-0.2, -0.15) is 0 Å². The van der Waals surface area contributed by atoms with Gasteiger partial charge < -0.3 is 5.32 Å². The van der Waals surface area contributed by atoms with E-state index in [1.165, 1.54) is 20.2 Å². The van der Waals surface area contributed by atoms with Crippen LogP contribution in [0.25, 0.3) is 0 Å². The molecule has 0 fully saturated rings. The molecule has 0 aliphatic rings. The number of anilines is 1. The summed E-state index contributed by atoms with van der Waals surface area (Å²) >= 11 is 1.73. The van der Waals surface area contributed by atoms with Crippen molar-refractivity contribution in [2.45, 2.75) is 35.8 Å². The number of hydrogen-bond acceptors (Lipinski definition) is 4. The number of sulfonamides is 1. The zero-order valence-electron chi connectivity index (χ0n) is 15.6. The molecule has 0 saturated carbocycles. The Balaban J connectivity index is 2.22. The number of carbonyl (C=O) groups excluding carboxylic acids is 1. The third-order valence-electron chi connectivity index (χ3n) is 3.69. The lowest BCUT2D eigenvalue weighted by atomic mass is 10.2. The van der Waals surface area contributed by atoms with Crippen molar-refractivity contribution in [3.63, 3.8) is 0 Å². The molecule has 0 spiro atoms. The number of rotatable bonds is 6. The van der Waals surface area contributed by atoms with E-state index >= 15 is 0 Å². The SMILES string of the molecule is Cc1ccc(NC(=O)c2ccc(SC(C)C)cc2)cc1S(=O)(=O)N(C)C. The van der Waals surface area contributed by atoms with Crippen molar-refractivity contribution in [2.75, 3.05) is 19.4 Å². The van der Waals surface area contributed by atoms with Crippen LogP contribution in [0.1, 0.15) is 29.8 Å². The highest BCUT2D eigenvalue weighted by molar-refractivity contribution is 7.99. The zero-order chi connectivity index (χ0) is 19.5. The van der Waals surface area contributed by atoms with E-state index in [1.54, 1.807) is 43.0 Å². The lowest BCUT2D eigenvalue weighted by molar-refractivity contribution is 0.102. The van der Waals surface area contributed by atoms with Crippen molar-refractivity contribution in [3.8, 4) is 0 Å². The smallest absolute Gasteiger partial charge is 0.255 e. The fourth-order valence-corrected chi connectivity index (χ4v) is 4.29. The van der Waals surface area contributed by atoms with E-state index in [-0.39, 0.29) is 10.8 Å². The van der Waals surface area contributed by atoms with Crippen molar-refractivity contribution in [3.05, 3.63) is 53.6 Å². The van der Waals surface area contributed by atoms with E-state index in [2.05, 4.69) is 19.2 Å². The van der Waals surface area contributed by atoms with Crippen LogP contribution >= 0.6 is 11.8 Å². The molecule has 0 saturated heterocycles. The second-order valence-electron chi connectivity index (χ2n) is 6.41. The van der Waals surface area contributed by atoms with Crippen molar-refractivity contribution >= 4 is 33.4 Å². The fraction of sp³-hybridized carbons (Fsp3) is 0.316. The number of benzene rings is 2. The molecule has 0 radical (unpaired) electrons. The summed E-state index contributed by atoms with van der Waals surface area (Å²) in [6.45, 7) is 5.96. The fourth-order valence-electron chi connectivity index (χ4n) is 2.31. The minimum atomic E-state index is -3.57. The lowest BCUT2D eigenvalue weighted by Gasteiger charge is -2.15. The number of amides is 1. The Morgan fingerprint density at radius 2 is 1.69 bits per heavy atom. The largest absolute Gasteiger partial charge is 0.322 e. The highest BCUT2D eigenvalue weighted by Crippen LogP contribution is 2.24. The molecule has 2 rings (SSSR count). The van der Waals surface area contributed by atoms with Gasteiger partial charge in [0.05, 0.1) is 4.90 Å². The van der Waals surface area contributed by atoms with Crippen LogP contribution < -0.4 is 5.32 Å². The summed E-state index contributed by atoms with van der Waals surface area (Å²) in [5, 5.41) is 3.24. The summed E-state index contributed by atoms with van der Waals surface area (Å²) in [6.07, 6.45) is 0. The number of hydrogen-bond donors (Lipinski definition) is 1. The van der Waals surface area contributed by atoms with Crippen LogP contribution in [0, 0.1) is 6.92 Å². The van der Waals surface area contributed by atoms with Gasteiger partial charge in [0, 0.05) is 35.5 Å². The van der Waals surface area contributed by atoms with Crippen LogP contribution in [-0.2, 0) is 10.0 Å². The number of carbonyl (C=O) groups is 1. The Hall–Kier alpha value is -1.83. The monoisotopic (exact) mass is 392 g/mol. The van der Waals surface area contributed by atoms with Crippen molar-refractivity contribution in [1.82, 2.24) is 4.31 Å². The summed E-state index contributed by atoms with van der Waals surface area (Å²) in [5.74, 6) is -0.275. The Kier molecular flexibility index (Phi) is 6.49. The highest BCUT2D eigenvalue weighted by atomic mass is 32.2. The van der Waals surface area contributed by atoms with Gasteiger partial charge in [-0.15, -0.1) is 11.8 Å². The maximum absolute atomic E-state index is 12.4. The zero-order valence-corrected chi connectivity index (χ0v) is 17.2. The van der Waals surface area contributed by atoms with Gasteiger partial charge in [0.25, 0.3) is 5.91 Å². The standard InChI is InChI=1S/C19H24N2O3S2/c1-13(2)25-17-10-7-15(8-11-17)19(22)20-16-9-6-14(3)18(12-16)26(23,24)21(4)5/h6-13H,1-5H3,(H,20,22). The molecule has 0 aliphatic heterocycles. The summed E-state index contributed by atoms with van der Waals surface area (Å²) in [4.78, 5) is 13.7. The number of nitrogens with one attached hydrogen (secondary N) is 1. The molecule has 2 aromatic rings. The molecular formula is C19H24N2O3S2. The minimum absolute atomic E-state index is 0.184. The van der Waals surface area contributed by atoms with E-state index in [0.29, 0.717) is 22.1 Å². The first-order valence-electron chi connectivity index (χ1n) is 8.22. The van der Waals surface area contributed by atoms with Gasteiger partial charge in [0.2, 0.25) is 10.0 Å². The van der Waals surface area contributed by atoms with Crippen molar-refractivity contribution in [1.29, 1.82) is 0 Å². The Bertz CT molecular complexity index is 890. The third kappa shape index (κ3) is 4.87. The maximum Gasteiger partial charge on any atom is 0.255 e. The molecule has 26 heavy (non-hydrogen) atoms. The van der Waals surface area contributed by atoms with Crippen LogP contribution in [0.5, 0.6) is 0 Å². The average Bonchev–Trinajstić information content (AvgIpc) is 2.56. The molecule has 1 N–H and O–H groups in total. The van der Waals surface area contributed by atoms with E-state index in [0.717, 1.165) is 9.20 Å². The number of nitrogens with zero attached hydrogens (tertiary/aromatic N) is 1. The summed E-state index contributed by atoms with van der Waals surface area (Å²) in [7, 11) is -0.603. The van der Waals surface area contributed by atoms with Crippen LogP contribution in [0.15, 0.2) is 52.3 Å². The van der Waals surface area contributed by atoms with Gasteiger partial charge in [-0.3, -0.25) is 4.79 Å². The number of thioether (sulfide) groups is 1. The normalized spacial score (nSPS) is 11.8. The third-order valence-corrected chi connectivity index (χ3v) is 6.67. The Morgan fingerprint density at radius 1 is 1.08 bits per heavy atom. The van der Waals surface area contributed by atoms with Gasteiger partial charge >= 0.3 is 0 Å². The maximum atomic E-state index is 12.4. The van der Waals surface area contributed by atoms with Crippen molar-refractivity contribution < 1.29 is 13.2 Å². The molecule has 140 valence electrons. The first kappa shape index (κ1) is 20.5. The molecule has 0 unspecified atom stereocenters. The second kappa shape index (κ2) is 8.24. The molecule has 1 amide bonds. The van der Waals surface area contributed by atoms with Gasteiger partial charge in [-0.25, -0.2) is 12.7 Å². The first-order valence-corrected chi connectivity index (χ1v) is 10.5. The topological polar surface area (TPSA) is 66.5 Å². The predicted octanol–water partition coefficient (Wildman–Crippen LogP) is 4.00. The van der Waals surface area contributed by atoms with Gasteiger partial charge in [0.1, 0.15) is 0 Å². The average molecular weight is 393 g/mol. The summed E-state index contributed by atoms with van der Waals surface area (Å²) in [6, 6.07) is 12.2. The van der Waals surface area contributed by atoms with Crippen LogP contribution in [0.4, 0.5) is 5.69 Å². The lowest BCUT2D eigenvalue weighted by Crippen LogP contribution is -2.23. The molecule has 0 heterocycles. The van der Waals surface area contributed by atoms with Crippen LogP contribution in [0.3, 0.4) is 0 Å². The van der Waals surface area contributed by atoms with Crippen molar-refractivity contribution in [2.24, 2.45) is 0 Å². The molecule has 7 heteroatoms. The van der Waals surface area contributed by atoms with Gasteiger partial charge in [-0.1, -0.05) is 19.9 Å². The molecule has 0 aromatic heterocycles. The van der Waals surface area contributed by atoms with Crippen LogP contribution in [0.2, 0.25) is 0 Å². The Labute approximate surface area is 159 Å². The van der Waals surface area contributed by atoms with E-state index in [4.69, 9.17) is 0 Å². The molecule has 0 bridgehead atoms. The van der Waals surface area contributed by atoms with Gasteiger partial charge in [-0.05, 0) is 48.9 Å². The Morgan fingerprint density at radius 3 is 2.23 bits per heavy atom. The molecule has 0 aliphatic carbocycles. The number of aryl methyl sites for hydroxylation is 1. The van der Waals surface area contributed by atoms with Crippen LogP contribution in [-0.4, -0.2) is 38.0 Å². The summed E-state index contributed by atoms with van der Waals surface area (Å²) in [5.41, 5.74) is 1.60.